The Morgan fingerprint density at radius 2 is 2.04 bits per heavy atom. The molecular weight excluding hydrogens is 318 g/mol. The van der Waals surface area contributed by atoms with E-state index in [0.29, 0.717) is 18.8 Å². The van der Waals surface area contributed by atoms with Crippen LogP contribution in [0.5, 0.6) is 0 Å². The minimum absolute atomic E-state index is 0.0673. The molecule has 0 spiro atoms. The molecule has 0 radical (unpaired) electrons. The van der Waals surface area contributed by atoms with E-state index in [1.165, 1.54) is 0 Å². The van der Waals surface area contributed by atoms with Crippen LogP contribution >= 0.6 is 0 Å². The van der Waals surface area contributed by atoms with Crippen LogP contribution in [0, 0.1) is 0 Å². The highest BCUT2D eigenvalue weighted by atomic mass is 16.7. The van der Waals surface area contributed by atoms with Gasteiger partial charge in [0.1, 0.15) is 17.9 Å². The van der Waals surface area contributed by atoms with Gasteiger partial charge in [0.05, 0.1) is 19.3 Å². The minimum atomic E-state index is -0.810. The topological polar surface area (TPSA) is 69.4 Å². The number of hydrogen-bond acceptors (Lipinski definition) is 5. The van der Waals surface area contributed by atoms with Crippen molar-refractivity contribution in [3.05, 3.63) is 59.9 Å². The Morgan fingerprint density at radius 1 is 1.24 bits per heavy atom. The Kier molecular flexibility index (Phi) is 4.03. The van der Waals surface area contributed by atoms with E-state index in [2.05, 4.69) is 10.3 Å². The third kappa shape index (κ3) is 3.42. The zero-order chi connectivity index (χ0) is 17.4. The number of hydrogen-bond donors (Lipinski definition) is 1. The van der Waals surface area contributed by atoms with Crippen LogP contribution in [-0.4, -0.2) is 38.6 Å². The highest BCUT2D eigenvalue weighted by Crippen LogP contribution is 2.25. The van der Waals surface area contributed by atoms with Gasteiger partial charge in [-0.25, -0.2) is 4.68 Å². The number of ether oxygens (including phenoxy) is 2. The number of fused-ring (bicyclic) bond motifs is 1. The maximum absolute atomic E-state index is 10.6. The third-order valence-electron chi connectivity index (χ3n) is 4.38. The molecule has 1 saturated heterocycles. The standard InChI is InChI=1S/C19H21N3O3/c1-19(2)24-12-16(25-19)10-22-11-17(20-21-22)18(23)15-8-7-13-5-3-4-6-14(13)9-15/h3-9,11,16,18,23H,10,12H2,1-2H3. The molecule has 3 aromatic rings. The first kappa shape index (κ1) is 16.2. The summed E-state index contributed by atoms with van der Waals surface area (Å²) in [4.78, 5) is 0. The molecule has 6 heteroatoms. The molecule has 1 N–H and O–H groups in total. The number of benzene rings is 2. The average molecular weight is 339 g/mol. The minimum Gasteiger partial charge on any atom is -0.382 e. The van der Waals surface area contributed by atoms with Gasteiger partial charge in [-0.1, -0.05) is 41.6 Å². The molecule has 4 rings (SSSR count). The SMILES string of the molecule is CC1(C)OCC(Cn2cc(C(O)c3ccc4ccccc4c3)nn2)O1. The lowest BCUT2D eigenvalue weighted by atomic mass is 10.0. The molecule has 2 unspecified atom stereocenters. The van der Waals surface area contributed by atoms with E-state index in [0.717, 1.165) is 16.3 Å². The summed E-state index contributed by atoms with van der Waals surface area (Å²) in [6, 6.07) is 14.0. The lowest BCUT2D eigenvalue weighted by molar-refractivity contribution is -0.139. The van der Waals surface area contributed by atoms with E-state index >= 15 is 0 Å². The summed E-state index contributed by atoms with van der Waals surface area (Å²) < 4.78 is 13.0. The molecular formula is C19H21N3O3. The van der Waals surface area contributed by atoms with Crippen molar-refractivity contribution >= 4 is 10.8 Å². The maximum atomic E-state index is 10.6. The van der Waals surface area contributed by atoms with Gasteiger partial charge < -0.3 is 14.6 Å². The molecule has 6 nitrogen and oxygen atoms in total. The summed E-state index contributed by atoms with van der Waals surface area (Å²) in [6.07, 6.45) is 0.882. The lowest BCUT2D eigenvalue weighted by Crippen LogP contribution is -2.24. The quantitative estimate of drug-likeness (QED) is 0.791. The molecule has 2 atom stereocenters. The molecule has 0 bridgehead atoms. The summed E-state index contributed by atoms with van der Waals surface area (Å²) in [6.45, 7) is 4.85. The van der Waals surface area contributed by atoms with Gasteiger partial charge in [-0.15, -0.1) is 5.10 Å². The highest BCUT2D eigenvalue weighted by Gasteiger charge is 2.33. The summed E-state index contributed by atoms with van der Waals surface area (Å²) in [5, 5.41) is 21.1. The van der Waals surface area contributed by atoms with Gasteiger partial charge in [0.25, 0.3) is 0 Å². The number of aliphatic hydroxyl groups excluding tert-OH is 1. The second-order valence-corrected chi connectivity index (χ2v) is 6.83. The molecule has 1 aromatic heterocycles. The number of rotatable bonds is 4. The van der Waals surface area contributed by atoms with Crippen molar-refractivity contribution in [3.63, 3.8) is 0 Å². The largest absolute Gasteiger partial charge is 0.382 e. The second-order valence-electron chi connectivity index (χ2n) is 6.83. The molecule has 1 aliphatic rings. The van der Waals surface area contributed by atoms with Gasteiger partial charge >= 0.3 is 0 Å². The van der Waals surface area contributed by atoms with E-state index < -0.39 is 11.9 Å². The van der Waals surface area contributed by atoms with E-state index in [1.54, 1.807) is 10.9 Å². The van der Waals surface area contributed by atoms with Gasteiger partial charge in [0.15, 0.2) is 5.79 Å². The number of aromatic nitrogens is 3. The Balaban J connectivity index is 1.50. The molecule has 1 aliphatic heterocycles. The Bertz CT molecular complexity index is 890. The fraction of sp³-hybridized carbons (Fsp3) is 0.368. The van der Waals surface area contributed by atoms with Gasteiger partial charge in [-0.3, -0.25) is 0 Å². The first-order chi connectivity index (χ1) is 12.0. The predicted molar refractivity (Wildman–Crippen MR) is 92.9 cm³/mol. The van der Waals surface area contributed by atoms with Crippen molar-refractivity contribution in [2.75, 3.05) is 6.61 Å². The molecule has 0 aliphatic carbocycles. The average Bonchev–Trinajstić information content (AvgIpc) is 3.20. The normalized spacial score (nSPS) is 20.8. The number of aliphatic hydroxyl groups is 1. The summed E-state index contributed by atoms with van der Waals surface area (Å²) in [7, 11) is 0. The van der Waals surface area contributed by atoms with Crippen molar-refractivity contribution in [1.82, 2.24) is 15.0 Å². The monoisotopic (exact) mass is 339 g/mol. The molecule has 130 valence electrons. The molecule has 25 heavy (non-hydrogen) atoms. The van der Waals surface area contributed by atoms with Crippen LogP contribution in [0.4, 0.5) is 0 Å². The maximum Gasteiger partial charge on any atom is 0.163 e. The second kappa shape index (κ2) is 6.22. The van der Waals surface area contributed by atoms with Crippen LogP contribution in [-0.2, 0) is 16.0 Å². The first-order valence-electron chi connectivity index (χ1n) is 8.39. The first-order valence-corrected chi connectivity index (χ1v) is 8.39. The Morgan fingerprint density at radius 3 is 2.80 bits per heavy atom. The Hall–Kier alpha value is -2.28. The molecule has 2 aromatic carbocycles. The van der Waals surface area contributed by atoms with Crippen LogP contribution in [0.1, 0.15) is 31.2 Å². The van der Waals surface area contributed by atoms with Gasteiger partial charge in [-0.05, 0) is 36.2 Å². The molecule has 2 heterocycles. The van der Waals surface area contributed by atoms with Gasteiger partial charge in [-0.2, -0.15) is 0 Å². The van der Waals surface area contributed by atoms with Crippen molar-refractivity contribution in [2.24, 2.45) is 0 Å². The number of nitrogens with zero attached hydrogens (tertiary/aromatic N) is 3. The van der Waals surface area contributed by atoms with Crippen molar-refractivity contribution in [1.29, 1.82) is 0 Å². The van der Waals surface area contributed by atoms with E-state index in [9.17, 15) is 5.11 Å². The fourth-order valence-electron chi connectivity index (χ4n) is 3.14. The Labute approximate surface area is 146 Å². The lowest BCUT2D eigenvalue weighted by Gasteiger charge is -2.16. The highest BCUT2D eigenvalue weighted by molar-refractivity contribution is 5.83. The van der Waals surface area contributed by atoms with Crippen molar-refractivity contribution < 1.29 is 14.6 Å². The van der Waals surface area contributed by atoms with E-state index in [1.807, 2.05) is 56.3 Å². The summed E-state index contributed by atoms with van der Waals surface area (Å²) >= 11 is 0. The zero-order valence-electron chi connectivity index (χ0n) is 14.3. The van der Waals surface area contributed by atoms with E-state index in [4.69, 9.17) is 9.47 Å². The molecule has 0 saturated carbocycles. The van der Waals surface area contributed by atoms with Crippen LogP contribution in [0.25, 0.3) is 10.8 Å². The van der Waals surface area contributed by atoms with Crippen LogP contribution < -0.4 is 0 Å². The van der Waals surface area contributed by atoms with Gasteiger partial charge in [0, 0.05) is 0 Å². The fourth-order valence-corrected chi connectivity index (χ4v) is 3.14. The molecule has 1 fully saturated rings. The van der Waals surface area contributed by atoms with Crippen LogP contribution in [0.3, 0.4) is 0 Å². The summed E-state index contributed by atoms with van der Waals surface area (Å²) in [5.74, 6) is -0.557. The van der Waals surface area contributed by atoms with E-state index in [-0.39, 0.29) is 6.10 Å². The third-order valence-corrected chi connectivity index (χ3v) is 4.38. The zero-order valence-corrected chi connectivity index (χ0v) is 14.3. The molecule has 0 amide bonds. The predicted octanol–water partition coefficient (Wildman–Crippen LogP) is 2.66. The smallest absolute Gasteiger partial charge is 0.163 e. The van der Waals surface area contributed by atoms with Gasteiger partial charge in [0.2, 0.25) is 0 Å². The van der Waals surface area contributed by atoms with Crippen molar-refractivity contribution in [2.45, 2.75) is 38.4 Å². The van der Waals surface area contributed by atoms with Crippen molar-refractivity contribution in [3.8, 4) is 0 Å². The van der Waals surface area contributed by atoms with Crippen LogP contribution in [0.15, 0.2) is 48.7 Å². The van der Waals surface area contributed by atoms with Crippen LogP contribution in [0.2, 0.25) is 0 Å². The summed E-state index contributed by atoms with van der Waals surface area (Å²) in [5.41, 5.74) is 1.32.